The Labute approximate surface area is 185 Å². The Balaban J connectivity index is 1.62. The Hall–Kier alpha value is -3.53. The Morgan fingerprint density at radius 3 is 2.81 bits per heavy atom. The van der Waals surface area contributed by atoms with Gasteiger partial charge in [-0.3, -0.25) is 4.79 Å². The lowest BCUT2D eigenvalue weighted by Crippen LogP contribution is -2.51. The maximum atomic E-state index is 13.0. The average Bonchev–Trinajstić information content (AvgIpc) is 3.38. The summed E-state index contributed by atoms with van der Waals surface area (Å²) in [6.07, 6.45) is 7.18. The van der Waals surface area contributed by atoms with E-state index in [2.05, 4.69) is 44.3 Å². The maximum absolute atomic E-state index is 13.0. The Bertz CT molecular complexity index is 1310. The van der Waals surface area contributed by atoms with Gasteiger partial charge >= 0.3 is 0 Å². The summed E-state index contributed by atoms with van der Waals surface area (Å²) in [5.41, 5.74) is 3.37. The van der Waals surface area contributed by atoms with Crippen molar-refractivity contribution in [3.8, 4) is 11.3 Å². The fraction of sp³-hybridized carbons (Fsp3) is 0.409. The van der Waals surface area contributed by atoms with Crippen LogP contribution < -0.4 is 10.6 Å². The van der Waals surface area contributed by atoms with Crippen LogP contribution in [0.4, 0.5) is 5.82 Å². The van der Waals surface area contributed by atoms with E-state index in [4.69, 9.17) is 9.72 Å². The van der Waals surface area contributed by atoms with Crippen molar-refractivity contribution in [2.24, 2.45) is 0 Å². The van der Waals surface area contributed by atoms with Gasteiger partial charge in [-0.1, -0.05) is 0 Å². The molecule has 10 heteroatoms. The normalized spacial score (nSPS) is 18.3. The molecule has 4 heterocycles. The van der Waals surface area contributed by atoms with Gasteiger partial charge in [-0.2, -0.15) is 14.7 Å². The first-order valence-electron chi connectivity index (χ1n) is 10.7. The third kappa shape index (κ3) is 3.18. The van der Waals surface area contributed by atoms with Gasteiger partial charge in [0.2, 0.25) is 0 Å². The van der Waals surface area contributed by atoms with Gasteiger partial charge in [0.1, 0.15) is 11.4 Å². The zero-order chi connectivity index (χ0) is 22.4. The molecular weight excluding hydrogens is 408 g/mol. The Morgan fingerprint density at radius 2 is 2.12 bits per heavy atom. The molecule has 2 atom stereocenters. The number of carbonyl (C=O) groups excluding carboxylic acids is 1. The zero-order valence-electron chi connectivity index (χ0n) is 18.5. The van der Waals surface area contributed by atoms with Crippen molar-refractivity contribution in [1.29, 1.82) is 0 Å². The van der Waals surface area contributed by atoms with Crippen molar-refractivity contribution >= 4 is 28.4 Å². The van der Waals surface area contributed by atoms with Crippen LogP contribution in [0.3, 0.4) is 0 Å². The number of nitrogens with zero attached hydrogens (tertiary/aromatic N) is 6. The second-order valence-electron chi connectivity index (χ2n) is 8.31. The first-order chi connectivity index (χ1) is 15.5. The highest BCUT2D eigenvalue weighted by Crippen LogP contribution is 2.32. The monoisotopic (exact) mass is 434 g/mol. The summed E-state index contributed by atoms with van der Waals surface area (Å²) in [5, 5.41) is 20.0. The smallest absolute Gasteiger partial charge is 0.257 e. The van der Waals surface area contributed by atoms with Gasteiger partial charge < -0.3 is 19.9 Å². The molecule has 0 aliphatic heterocycles. The number of fused-ring (bicyclic) bond motifs is 2. The van der Waals surface area contributed by atoms with Crippen LogP contribution in [0.2, 0.25) is 0 Å². The van der Waals surface area contributed by atoms with Crippen LogP contribution in [-0.4, -0.2) is 61.6 Å². The lowest BCUT2D eigenvalue weighted by molar-refractivity contribution is 0.00732. The van der Waals surface area contributed by atoms with E-state index in [9.17, 15) is 4.79 Å². The number of anilines is 1. The molecule has 32 heavy (non-hydrogen) atoms. The Morgan fingerprint density at radius 1 is 1.28 bits per heavy atom. The molecule has 166 valence electrons. The highest BCUT2D eigenvalue weighted by atomic mass is 16.5. The second-order valence-corrected chi connectivity index (χ2v) is 8.31. The number of carbonyl (C=O) groups is 1. The molecule has 4 aromatic heterocycles. The molecule has 2 N–H and O–H groups in total. The predicted molar refractivity (Wildman–Crippen MR) is 121 cm³/mol. The van der Waals surface area contributed by atoms with E-state index in [1.54, 1.807) is 24.0 Å². The summed E-state index contributed by atoms with van der Waals surface area (Å²) in [7, 11) is 3.49. The lowest BCUT2D eigenvalue weighted by Gasteiger charge is -2.35. The third-order valence-electron chi connectivity index (χ3n) is 6.14. The minimum absolute atomic E-state index is 0.0111. The molecule has 0 radical (unpaired) electrons. The van der Waals surface area contributed by atoms with Gasteiger partial charge in [0.15, 0.2) is 11.3 Å². The van der Waals surface area contributed by atoms with Gasteiger partial charge in [0.05, 0.1) is 30.2 Å². The number of methoxy groups -OCH3 is 1. The van der Waals surface area contributed by atoms with E-state index in [1.807, 2.05) is 25.4 Å². The van der Waals surface area contributed by atoms with E-state index in [-0.39, 0.29) is 24.1 Å². The van der Waals surface area contributed by atoms with E-state index in [0.717, 1.165) is 41.0 Å². The molecule has 5 rings (SSSR count). The first kappa shape index (κ1) is 20.4. The van der Waals surface area contributed by atoms with Crippen molar-refractivity contribution in [3.05, 3.63) is 36.3 Å². The summed E-state index contributed by atoms with van der Waals surface area (Å²) in [5.74, 6) is 0.531. The minimum atomic E-state index is -0.200. The fourth-order valence-corrected chi connectivity index (χ4v) is 4.19. The van der Waals surface area contributed by atoms with Gasteiger partial charge in [0, 0.05) is 43.4 Å². The van der Waals surface area contributed by atoms with Gasteiger partial charge in [-0.05, 0) is 32.8 Å². The van der Waals surface area contributed by atoms with Crippen molar-refractivity contribution in [2.75, 3.05) is 19.5 Å². The van der Waals surface area contributed by atoms with Gasteiger partial charge in [-0.25, -0.2) is 4.98 Å². The molecule has 1 saturated carbocycles. The molecule has 0 bridgehead atoms. The molecule has 1 aliphatic rings. The van der Waals surface area contributed by atoms with Crippen molar-refractivity contribution in [3.63, 3.8) is 0 Å². The number of hydrogen-bond donors (Lipinski definition) is 2. The standard InChI is InChI=1S/C22H26N8O2/c1-12(2)29-11-15(13-7-8-24-28-21(13)29)17-9-19(23-3)30-20(26-17)14(10-25-30)22(31)27-16-5-6-18(16)32-4/h7-12,16,18,23H,5-6H2,1-4H3,(H,27,31)/t16?,18-/m1/s1. The van der Waals surface area contributed by atoms with E-state index >= 15 is 0 Å². The highest BCUT2D eigenvalue weighted by Gasteiger charge is 2.33. The number of rotatable bonds is 6. The van der Waals surface area contributed by atoms with Crippen molar-refractivity contribution < 1.29 is 9.53 Å². The van der Waals surface area contributed by atoms with Gasteiger partial charge in [0.25, 0.3) is 5.91 Å². The van der Waals surface area contributed by atoms with E-state index in [1.165, 1.54) is 0 Å². The molecule has 1 fully saturated rings. The number of hydrogen-bond acceptors (Lipinski definition) is 7. The number of amides is 1. The molecule has 4 aromatic rings. The van der Waals surface area contributed by atoms with E-state index < -0.39 is 0 Å². The van der Waals surface area contributed by atoms with Crippen LogP contribution in [0.1, 0.15) is 43.1 Å². The molecule has 10 nitrogen and oxygen atoms in total. The van der Waals surface area contributed by atoms with E-state index in [0.29, 0.717) is 11.2 Å². The summed E-state index contributed by atoms with van der Waals surface area (Å²) in [6, 6.07) is 4.08. The molecule has 1 unspecified atom stereocenters. The molecule has 0 saturated heterocycles. The molecule has 0 spiro atoms. The van der Waals surface area contributed by atoms with Crippen LogP contribution in [0.25, 0.3) is 27.9 Å². The lowest BCUT2D eigenvalue weighted by atomic mass is 9.89. The maximum Gasteiger partial charge on any atom is 0.257 e. The number of nitrogens with one attached hydrogen (secondary N) is 2. The summed E-state index contributed by atoms with van der Waals surface area (Å²) >= 11 is 0. The van der Waals surface area contributed by atoms with Gasteiger partial charge in [-0.15, -0.1) is 5.10 Å². The van der Waals surface area contributed by atoms with Crippen LogP contribution in [0.5, 0.6) is 0 Å². The number of ether oxygens (including phenoxy) is 1. The minimum Gasteiger partial charge on any atom is -0.379 e. The fourth-order valence-electron chi connectivity index (χ4n) is 4.19. The van der Waals surface area contributed by atoms with Crippen molar-refractivity contribution in [1.82, 2.24) is 34.7 Å². The molecule has 0 aromatic carbocycles. The molecule has 1 aliphatic carbocycles. The summed E-state index contributed by atoms with van der Waals surface area (Å²) < 4.78 is 9.13. The second kappa shape index (κ2) is 7.86. The topological polar surface area (TPSA) is 111 Å². The number of aromatic nitrogens is 6. The van der Waals surface area contributed by atoms with Crippen LogP contribution in [0, 0.1) is 0 Å². The van der Waals surface area contributed by atoms with Crippen molar-refractivity contribution in [2.45, 2.75) is 44.9 Å². The van der Waals surface area contributed by atoms with Crippen LogP contribution in [0.15, 0.2) is 30.7 Å². The SMILES string of the molecule is CNc1cc(-c2cn(C(C)C)c3nnccc23)nc2c(C(=O)NC3CC[C@H]3OC)cnn12. The zero-order valence-corrected chi connectivity index (χ0v) is 18.5. The first-order valence-corrected chi connectivity index (χ1v) is 10.7. The molecule has 1 amide bonds. The average molecular weight is 435 g/mol. The quantitative estimate of drug-likeness (QED) is 0.480. The Kier molecular flexibility index (Phi) is 5.01. The molecular formula is C22H26N8O2. The van der Waals surface area contributed by atoms with Crippen LogP contribution in [-0.2, 0) is 4.74 Å². The summed E-state index contributed by atoms with van der Waals surface area (Å²) in [6.45, 7) is 4.20. The van der Waals surface area contributed by atoms with Crippen LogP contribution >= 0.6 is 0 Å². The largest absolute Gasteiger partial charge is 0.379 e. The predicted octanol–water partition coefficient (Wildman–Crippen LogP) is 2.67. The third-order valence-corrected chi connectivity index (χ3v) is 6.14. The summed E-state index contributed by atoms with van der Waals surface area (Å²) in [4.78, 5) is 17.9. The highest BCUT2D eigenvalue weighted by molar-refractivity contribution is 6.01.